The average molecular weight is 561 g/mol. The Balaban J connectivity index is 1.94. The number of hydrogen-bond acceptors (Lipinski definition) is 4. The zero-order valence-electron chi connectivity index (χ0n) is 18.8. The van der Waals surface area contributed by atoms with Crippen molar-refractivity contribution in [1.82, 2.24) is 4.72 Å². The van der Waals surface area contributed by atoms with Gasteiger partial charge in [-0.05, 0) is 55.3 Å². The van der Waals surface area contributed by atoms with Gasteiger partial charge < -0.3 is 10.1 Å². The Kier molecular flexibility index (Phi) is 8.89. The van der Waals surface area contributed by atoms with Gasteiger partial charge in [-0.1, -0.05) is 53.5 Å². The van der Waals surface area contributed by atoms with Gasteiger partial charge in [0.1, 0.15) is 11.8 Å². The lowest BCUT2D eigenvalue weighted by Crippen LogP contribution is -2.45. The second kappa shape index (κ2) is 11.5. The van der Waals surface area contributed by atoms with Gasteiger partial charge >= 0.3 is 6.18 Å². The van der Waals surface area contributed by atoms with Crippen LogP contribution in [0.15, 0.2) is 71.6 Å². The van der Waals surface area contributed by atoms with E-state index in [1.54, 1.807) is 37.3 Å². The molecule has 192 valence electrons. The summed E-state index contributed by atoms with van der Waals surface area (Å²) in [5.41, 5.74) is -1.14. The number of carbonyl (C=O) groups excluding carboxylic acids is 1. The fourth-order valence-electron chi connectivity index (χ4n) is 3.29. The Morgan fingerprint density at radius 1 is 1.03 bits per heavy atom. The lowest BCUT2D eigenvalue weighted by molar-refractivity contribution is -0.137. The van der Waals surface area contributed by atoms with Crippen LogP contribution in [0.25, 0.3) is 0 Å². The molecular weight excluding hydrogens is 540 g/mol. The number of hydrogen-bond donors (Lipinski definition) is 2. The highest BCUT2D eigenvalue weighted by molar-refractivity contribution is 7.89. The summed E-state index contributed by atoms with van der Waals surface area (Å²) in [4.78, 5) is 12.9. The van der Waals surface area contributed by atoms with Crippen molar-refractivity contribution in [3.8, 4) is 5.75 Å². The Labute approximate surface area is 216 Å². The molecule has 0 aromatic heterocycles. The van der Waals surface area contributed by atoms with Gasteiger partial charge in [0.05, 0.1) is 27.8 Å². The summed E-state index contributed by atoms with van der Waals surface area (Å²) in [7, 11) is -4.31. The summed E-state index contributed by atoms with van der Waals surface area (Å²) in [6.45, 7) is 2.05. The van der Waals surface area contributed by atoms with E-state index < -0.39 is 39.4 Å². The highest BCUT2D eigenvalue weighted by Gasteiger charge is 2.35. The van der Waals surface area contributed by atoms with Gasteiger partial charge in [0.25, 0.3) is 0 Å². The zero-order valence-corrected chi connectivity index (χ0v) is 21.1. The number of ether oxygens (including phenoxy) is 1. The normalized spacial score (nSPS) is 12.7. The quantitative estimate of drug-likeness (QED) is 0.339. The molecule has 0 heterocycles. The van der Waals surface area contributed by atoms with Crippen molar-refractivity contribution in [3.63, 3.8) is 0 Å². The maximum atomic E-state index is 13.5. The second-order valence-corrected chi connectivity index (χ2v) is 10.1. The fourth-order valence-corrected chi connectivity index (χ4v) is 4.99. The van der Waals surface area contributed by atoms with E-state index in [2.05, 4.69) is 10.0 Å². The van der Waals surface area contributed by atoms with Gasteiger partial charge in [-0.3, -0.25) is 4.79 Å². The number of nitrogens with one attached hydrogen (secondary N) is 2. The van der Waals surface area contributed by atoms with Crippen molar-refractivity contribution < 1.29 is 31.1 Å². The van der Waals surface area contributed by atoms with Crippen LogP contribution in [0.4, 0.5) is 18.9 Å². The van der Waals surface area contributed by atoms with Crippen molar-refractivity contribution in [1.29, 1.82) is 0 Å². The first-order valence-electron chi connectivity index (χ1n) is 10.6. The van der Waals surface area contributed by atoms with Crippen molar-refractivity contribution in [3.05, 3.63) is 87.9 Å². The van der Waals surface area contributed by atoms with Gasteiger partial charge in [0.15, 0.2) is 0 Å². The van der Waals surface area contributed by atoms with Crippen LogP contribution in [0.1, 0.15) is 18.1 Å². The smallest absolute Gasteiger partial charge is 0.418 e. The number of sulfonamides is 1. The van der Waals surface area contributed by atoms with E-state index in [1.807, 2.05) is 0 Å². The molecule has 2 N–H and O–H groups in total. The highest BCUT2D eigenvalue weighted by atomic mass is 35.5. The van der Waals surface area contributed by atoms with E-state index >= 15 is 0 Å². The third-order valence-electron chi connectivity index (χ3n) is 4.95. The molecule has 12 heteroatoms. The molecule has 0 saturated heterocycles. The summed E-state index contributed by atoms with van der Waals surface area (Å²) >= 11 is 11.8. The molecule has 0 aliphatic rings. The summed E-state index contributed by atoms with van der Waals surface area (Å²) < 4.78 is 74.3. The molecule has 36 heavy (non-hydrogen) atoms. The lowest BCUT2D eigenvalue weighted by Gasteiger charge is -2.21. The Bertz CT molecular complexity index is 1340. The molecule has 0 bridgehead atoms. The maximum Gasteiger partial charge on any atom is 0.418 e. The Morgan fingerprint density at radius 3 is 2.33 bits per heavy atom. The molecule has 0 aliphatic heterocycles. The summed E-state index contributed by atoms with van der Waals surface area (Å²) in [6.07, 6.45) is -4.94. The molecule has 0 radical (unpaired) electrons. The number of amides is 1. The standard InChI is InChI=1S/C24H21Cl2F3N2O4S/c1-2-35-22-11-9-17(14-19(22)26)36(33,34)31-21(12-15-6-4-3-5-7-15)23(32)30-20-10-8-16(25)13-18(20)24(27,28)29/h3-11,13-14,21,31H,2,12H2,1H3,(H,30,32)/t21-/m1/s1. The van der Waals surface area contributed by atoms with Crippen LogP contribution >= 0.6 is 23.2 Å². The van der Waals surface area contributed by atoms with Crippen LogP contribution in [-0.4, -0.2) is 27.0 Å². The first-order chi connectivity index (χ1) is 16.9. The Morgan fingerprint density at radius 2 is 1.72 bits per heavy atom. The third-order valence-corrected chi connectivity index (χ3v) is 6.95. The van der Waals surface area contributed by atoms with E-state index in [9.17, 15) is 26.4 Å². The topological polar surface area (TPSA) is 84.5 Å². The van der Waals surface area contributed by atoms with Crippen LogP contribution in [0.2, 0.25) is 10.0 Å². The van der Waals surface area contributed by atoms with Crippen molar-refractivity contribution >= 4 is 44.8 Å². The van der Waals surface area contributed by atoms with E-state index in [1.165, 1.54) is 18.2 Å². The molecule has 1 atom stereocenters. The number of rotatable bonds is 9. The van der Waals surface area contributed by atoms with Crippen molar-refractivity contribution in [2.45, 2.75) is 30.5 Å². The highest BCUT2D eigenvalue weighted by Crippen LogP contribution is 2.36. The predicted molar refractivity (Wildman–Crippen MR) is 132 cm³/mol. The molecule has 3 aromatic carbocycles. The summed E-state index contributed by atoms with van der Waals surface area (Å²) in [5, 5.41) is 2.05. The van der Waals surface area contributed by atoms with Crippen LogP contribution in [0, 0.1) is 0 Å². The van der Waals surface area contributed by atoms with Gasteiger partial charge in [-0.2, -0.15) is 17.9 Å². The van der Waals surface area contributed by atoms with E-state index in [-0.39, 0.29) is 27.1 Å². The molecule has 6 nitrogen and oxygen atoms in total. The van der Waals surface area contributed by atoms with Crippen molar-refractivity contribution in [2.24, 2.45) is 0 Å². The first-order valence-corrected chi connectivity index (χ1v) is 12.8. The fraction of sp³-hybridized carbons (Fsp3) is 0.208. The first kappa shape index (κ1) is 27.8. The summed E-state index contributed by atoms with van der Waals surface area (Å²) in [6, 6.07) is 13.6. The van der Waals surface area contributed by atoms with Crippen LogP contribution in [-0.2, 0) is 27.4 Å². The molecule has 0 saturated carbocycles. The van der Waals surface area contributed by atoms with Crippen LogP contribution < -0.4 is 14.8 Å². The monoisotopic (exact) mass is 560 g/mol. The maximum absolute atomic E-state index is 13.5. The molecule has 3 aromatic rings. The van der Waals surface area contributed by atoms with Gasteiger partial charge in [-0.25, -0.2) is 8.42 Å². The number of halogens is 5. The van der Waals surface area contributed by atoms with E-state index in [4.69, 9.17) is 27.9 Å². The second-order valence-electron chi connectivity index (χ2n) is 7.57. The van der Waals surface area contributed by atoms with Crippen LogP contribution in [0.5, 0.6) is 5.75 Å². The lowest BCUT2D eigenvalue weighted by atomic mass is 10.1. The largest absolute Gasteiger partial charge is 0.492 e. The van der Waals surface area contributed by atoms with Gasteiger partial charge in [0, 0.05) is 5.02 Å². The van der Waals surface area contributed by atoms with Crippen molar-refractivity contribution in [2.75, 3.05) is 11.9 Å². The molecule has 3 rings (SSSR count). The minimum absolute atomic E-state index is 0.0415. The molecule has 0 fully saturated rings. The molecule has 0 spiro atoms. The minimum Gasteiger partial charge on any atom is -0.492 e. The number of benzene rings is 3. The van der Waals surface area contributed by atoms with E-state index in [0.717, 1.165) is 12.1 Å². The van der Waals surface area contributed by atoms with E-state index in [0.29, 0.717) is 18.2 Å². The minimum atomic E-state index is -4.80. The molecule has 1 amide bonds. The number of alkyl halides is 3. The SMILES string of the molecule is CCOc1ccc(S(=O)(=O)N[C@H](Cc2ccccc2)C(=O)Nc2ccc(Cl)cc2C(F)(F)F)cc1Cl. The summed E-state index contributed by atoms with van der Waals surface area (Å²) in [5.74, 6) is -0.716. The Hall–Kier alpha value is -2.79. The zero-order chi connectivity index (χ0) is 26.5. The van der Waals surface area contributed by atoms with Gasteiger partial charge in [-0.15, -0.1) is 0 Å². The molecule has 0 unspecified atom stereocenters. The predicted octanol–water partition coefficient (Wildman–Crippen LogP) is 5.94. The average Bonchev–Trinajstić information content (AvgIpc) is 2.81. The number of anilines is 1. The van der Waals surface area contributed by atoms with Crippen LogP contribution in [0.3, 0.4) is 0 Å². The molecule has 0 aliphatic carbocycles. The molecular formula is C24H21Cl2F3N2O4S. The van der Waals surface area contributed by atoms with Gasteiger partial charge in [0.2, 0.25) is 15.9 Å². The third kappa shape index (κ3) is 7.13. The number of carbonyl (C=O) groups is 1.